The van der Waals surface area contributed by atoms with Crippen molar-refractivity contribution in [1.29, 1.82) is 0 Å². The summed E-state index contributed by atoms with van der Waals surface area (Å²) >= 11 is 0. The van der Waals surface area contributed by atoms with Gasteiger partial charge in [0.25, 0.3) is 0 Å². The zero-order chi connectivity index (χ0) is 15.8. The molecule has 1 aliphatic rings. The zero-order valence-corrected chi connectivity index (χ0v) is 13.4. The van der Waals surface area contributed by atoms with Crippen molar-refractivity contribution in [2.24, 2.45) is 5.41 Å². The van der Waals surface area contributed by atoms with Gasteiger partial charge in [-0.15, -0.1) is 0 Å². The van der Waals surface area contributed by atoms with Crippen LogP contribution >= 0.6 is 0 Å². The minimum atomic E-state index is -3.69. The predicted molar refractivity (Wildman–Crippen MR) is 80.0 cm³/mol. The molecule has 1 aromatic carbocycles. The molecule has 1 aliphatic carbocycles. The number of carboxylic acids is 1. The van der Waals surface area contributed by atoms with Crippen molar-refractivity contribution in [1.82, 2.24) is 4.72 Å². The van der Waals surface area contributed by atoms with Crippen LogP contribution in [-0.2, 0) is 10.0 Å². The first-order chi connectivity index (χ1) is 9.65. The molecule has 6 heteroatoms. The number of carbonyl (C=O) groups is 1. The summed E-state index contributed by atoms with van der Waals surface area (Å²) in [5.41, 5.74) is 1.27. The molecule has 0 bridgehead atoms. The third-order valence-corrected chi connectivity index (χ3v) is 5.93. The highest BCUT2D eigenvalue weighted by Gasteiger charge is 2.33. The number of aryl methyl sites for hydroxylation is 1. The molecular formula is C15H21NO4S. The van der Waals surface area contributed by atoms with Gasteiger partial charge in [0, 0.05) is 6.54 Å². The molecule has 0 aromatic heterocycles. The van der Waals surface area contributed by atoms with Gasteiger partial charge < -0.3 is 5.11 Å². The highest BCUT2D eigenvalue weighted by Crippen LogP contribution is 2.39. The van der Waals surface area contributed by atoms with E-state index in [0.29, 0.717) is 17.7 Å². The average Bonchev–Trinajstić information content (AvgIpc) is 2.36. The van der Waals surface area contributed by atoms with E-state index in [9.17, 15) is 13.2 Å². The Morgan fingerprint density at radius 1 is 1.33 bits per heavy atom. The molecule has 0 aliphatic heterocycles. The van der Waals surface area contributed by atoms with E-state index in [1.807, 2.05) is 0 Å². The maximum atomic E-state index is 12.5. The standard InChI is InChI=1S/C15H21NO4S/c1-10-7-12(14(17)18)8-13(11(10)2)21(19,20)16-9-15(3)5-4-6-15/h7-8,16H,4-6,9H2,1-3H3,(H,17,18). The lowest BCUT2D eigenvalue weighted by molar-refractivity contribution is 0.0696. The summed E-state index contributed by atoms with van der Waals surface area (Å²) < 4.78 is 27.6. The van der Waals surface area contributed by atoms with Gasteiger partial charge in [-0.3, -0.25) is 0 Å². The Morgan fingerprint density at radius 2 is 1.95 bits per heavy atom. The fourth-order valence-corrected chi connectivity index (χ4v) is 4.07. The quantitative estimate of drug-likeness (QED) is 0.875. The van der Waals surface area contributed by atoms with E-state index in [2.05, 4.69) is 11.6 Å². The third kappa shape index (κ3) is 3.27. The summed E-state index contributed by atoms with van der Waals surface area (Å²) in [6.45, 7) is 5.87. The monoisotopic (exact) mass is 311 g/mol. The van der Waals surface area contributed by atoms with Crippen LogP contribution in [0.25, 0.3) is 0 Å². The second kappa shape index (κ2) is 5.42. The molecule has 21 heavy (non-hydrogen) atoms. The van der Waals surface area contributed by atoms with Gasteiger partial charge in [0.05, 0.1) is 10.5 Å². The van der Waals surface area contributed by atoms with E-state index >= 15 is 0 Å². The van der Waals surface area contributed by atoms with E-state index in [-0.39, 0.29) is 15.9 Å². The largest absolute Gasteiger partial charge is 0.478 e. The van der Waals surface area contributed by atoms with Crippen LogP contribution in [0.4, 0.5) is 0 Å². The van der Waals surface area contributed by atoms with E-state index in [4.69, 9.17) is 5.11 Å². The molecule has 1 aromatic rings. The molecule has 0 radical (unpaired) electrons. The zero-order valence-electron chi connectivity index (χ0n) is 12.6. The van der Waals surface area contributed by atoms with Gasteiger partial charge in [-0.25, -0.2) is 17.9 Å². The fourth-order valence-electron chi connectivity index (χ4n) is 2.53. The van der Waals surface area contributed by atoms with Crippen LogP contribution in [0.15, 0.2) is 17.0 Å². The number of aromatic carboxylic acids is 1. The molecule has 116 valence electrons. The van der Waals surface area contributed by atoms with Crippen molar-refractivity contribution in [3.8, 4) is 0 Å². The third-order valence-electron chi connectivity index (χ3n) is 4.41. The first kappa shape index (κ1) is 16.0. The minimum Gasteiger partial charge on any atom is -0.478 e. The molecule has 2 N–H and O–H groups in total. The number of sulfonamides is 1. The molecule has 0 heterocycles. The summed E-state index contributed by atoms with van der Waals surface area (Å²) in [6.07, 6.45) is 3.16. The van der Waals surface area contributed by atoms with Crippen LogP contribution in [0.1, 0.15) is 47.7 Å². The van der Waals surface area contributed by atoms with Gasteiger partial charge in [-0.2, -0.15) is 0 Å². The van der Waals surface area contributed by atoms with Crippen LogP contribution < -0.4 is 4.72 Å². The van der Waals surface area contributed by atoms with Gasteiger partial charge in [-0.1, -0.05) is 13.3 Å². The summed E-state index contributed by atoms with van der Waals surface area (Å²) in [7, 11) is -3.69. The number of benzene rings is 1. The fraction of sp³-hybridized carbons (Fsp3) is 0.533. The Bertz CT molecular complexity index is 675. The van der Waals surface area contributed by atoms with Crippen molar-refractivity contribution in [3.63, 3.8) is 0 Å². The smallest absolute Gasteiger partial charge is 0.335 e. The maximum absolute atomic E-state index is 12.5. The Kier molecular flexibility index (Phi) is 4.13. The van der Waals surface area contributed by atoms with E-state index in [1.54, 1.807) is 13.8 Å². The number of hydrogen-bond acceptors (Lipinski definition) is 3. The lowest BCUT2D eigenvalue weighted by atomic mass is 9.71. The molecule has 0 saturated heterocycles. The first-order valence-electron chi connectivity index (χ1n) is 6.99. The molecule has 1 fully saturated rings. The first-order valence-corrected chi connectivity index (χ1v) is 8.47. The number of hydrogen-bond donors (Lipinski definition) is 2. The van der Waals surface area contributed by atoms with E-state index < -0.39 is 16.0 Å². The molecule has 0 atom stereocenters. The Hall–Kier alpha value is -1.40. The van der Waals surface area contributed by atoms with Crippen molar-refractivity contribution in [2.75, 3.05) is 6.54 Å². The highest BCUT2D eigenvalue weighted by atomic mass is 32.2. The summed E-state index contributed by atoms with van der Waals surface area (Å²) in [6, 6.07) is 2.72. The van der Waals surface area contributed by atoms with Crippen molar-refractivity contribution >= 4 is 16.0 Å². The molecule has 0 amide bonds. The number of nitrogens with one attached hydrogen (secondary N) is 1. The summed E-state index contributed by atoms with van der Waals surface area (Å²) in [5.74, 6) is -1.12. The number of carboxylic acid groups (broad SMARTS) is 1. The Balaban J connectivity index is 2.32. The predicted octanol–water partition coefficient (Wildman–Crippen LogP) is 2.47. The summed E-state index contributed by atoms with van der Waals surface area (Å²) in [4.78, 5) is 11.2. The molecule has 5 nitrogen and oxygen atoms in total. The highest BCUT2D eigenvalue weighted by molar-refractivity contribution is 7.89. The van der Waals surface area contributed by atoms with Crippen molar-refractivity contribution in [2.45, 2.75) is 44.9 Å². The molecular weight excluding hydrogens is 290 g/mol. The Labute approximate surface area is 125 Å². The SMILES string of the molecule is Cc1cc(C(=O)O)cc(S(=O)(=O)NCC2(C)CCC2)c1C. The van der Waals surface area contributed by atoms with Gasteiger partial charge >= 0.3 is 5.97 Å². The van der Waals surface area contributed by atoms with E-state index in [0.717, 1.165) is 19.3 Å². The van der Waals surface area contributed by atoms with Crippen molar-refractivity contribution < 1.29 is 18.3 Å². The lowest BCUT2D eigenvalue weighted by Gasteiger charge is -2.38. The van der Waals surface area contributed by atoms with Crippen LogP contribution in [0, 0.1) is 19.3 Å². The molecule has 0 unspecified atom stereocenters. The van der Waals surface area contributed by atoms with Crippen LogP contribution in [0.3, 0.4) is 0 Å². The number of rotatable bonds is 5. The van der Waals surface area contributed by atoms with Gasteiger partial charge in [0.1, 0.15) is 0 Å². The molecule has 0 spiro atoms. The maximum Gasteiger partial charge on any atom is 0.335 e. The second-order valence-electron chi connectivity index (χ2n) is 6.21. The Morgan fingerprint density at radius 3 is 2.43 bits per heavy atom. The van der Waals surface area contributed by atoms with Gasteiger partial charge in [-0.05, 0) is 55.4 Å². The van der Waals surface area contributed by atoms with Crippen LogP contribution in [0.5, 0.6) is 0 Å². The van der Waals surface area contributed by atoms with Crippen molar-refractivity contribution in [3.05, 3.63) is 28.8 Å². The normalized spacial score (nSPS) is 17.3. The minimum absolute atomic E-state index is 0.00618. The average molecular weight is 311 g/mol. The topological polar surface area (TPSA) is 83.5 Å². The van der Waals surface area contributed by atoms with Gasteiger partial charge in [0.2, 0.25) is 10.0 Å². The van der Waals surface area contributed by atoms with Gasteiger partial charge in [0.15, 0.2) is 0 Å². The summed E-state index contributed by atoms with van der Waals surface area (Å²) in [5, 5.41) is 9.08. The molecule has 1 saturated carbocycles. The molecule has 2 rings (SSSR count). The van der Waals surface area contributed by atoms with Crippen LogP contribution in [0.2, 0.25) is 0 Å². The lowest BCUT2D eigenvalue weighted by Crippen LogP contribution is -2.40. The second-order valence-corrected chi connectivity index (χ2v) is 7.95. The van der Waals surface area contributed by atoms with E-state index in [1.165, 1.54) is 12.1 Å². The van der Waals surface area contributed by atoms with Crippen LogP contribution in [-0.4, -0.2) is 26.0 Å².